The minimum absolute atomic E-state index is 0.0361. The number of Topliss-reactive ketones (excluding diaryl/α,β-unsaturated/α-hetero) is 1. The number of rotatable bonds is 4. The van der Waals surface area contributed by atoms with Crippen molar-refractivity contribution in [2.24, 2.45) is 0 Å². The van der Waals surface area contributed by atoms with E-state index in [4.69, 9.17) is 9.47 Å². The zero-order chi connectivity index (χ0) is 20.4. The van der Waals surface area contributed by atoms with Crippen LogP contribution in [0.1, 0.15) is 36.6 Å². The molecule has 1 aliphatic carbocycles. The van der Waals surface area contributed by atoms with Crippen LogP contribution in [0.2, 0.25) is 0 Å². The number of carbonyl (C=O) groups is 3. The number of allylic oxidation sites excluding steroid dienone is 2. The average molecular weight is 385 g/mol. The molecule has 0 aliphatic heterocycles. The van der Waals surface area contributed by atoms with Crippen molar-refractivity contribution in [3.8, 4) is 11.6 Å². The topological polar surface area (TPSA) is 82.6 Å². The molecular formula is C23H15NO5. The molecule has 0 fully saturated rings. The van der Waals surface area contributed by atoms with Crippen molar-refractivity contribution in [2.75, 3.05) is 0 Å². The quantitative estimate of drug-likeness (QED) is 0.623. The molecule has 0 radical (unpaired) electrons. The Morgan fingerprint density at radius 2 is 1.72 bits per heavy atom. The summed E-state index contributed by atoms with van der Waals surface area (Å²) >= 11 is 0. The van der Waals surface area contributed by atoms with Gasteiger partial charge in [0.15, 0.2) is 11.5 Å². The number of aryl methyl sites for hydroxylation is 1. The van der Waals surface area contributed by atoms with Gasteiger partial charge < -0.3 is 9.47 Å². The van der Waals surface area contributed by atoms with Crippen LogP contribution in [-0.4, -0.2) is 22.5 Å². The number of nitrogens with zero attached hydrogens (tertiary/aromatic N) is 1. The van der Waals surface area contributed by atoms with Crippen molar-refractivity contribution in [3.63, 3.8) is 0 Å². The molecule has 3 aromatic rings. The van der Waals surface area contributed by atoms with E-state index < -0.39 is 17.5 Å². The van der Waals surface area contributed by atoms with Gasteiger partial charge in [0.25, 0.3) is 0 Å². The van der Waals surface area contributed by atoms with E-state index in [1.165, 1.54) is 18.3 Å². The van der Waals surface area contributed by atoms with Crippen LogP contribution in [0.25, 0.3) is 0 Å². The molecule has 0 unspecified atom stereocenters. The number of pyridine rings is 1. The Labute approximate surface area is 166 Å². The van der Waals surface area contributed by atoms with E-state index in [2.05, 4.69) is 4.98 Å². The lowest BCUT2D eigenvalue weighted by atomic mass is 9.94. The second-order valence-electron chi connectivity index (χ2n) is 6.41. The molecule has 0 atom stereocenters. The number of fused-ring (bicyclic) bond motifs is 1. The van der Waals surface area contributed by atoms with E-state index in [0.717, 1.165) is 11.6 Å². The highest BCUT2D eigenvalue weighted by Crippen LogP contribution is 2.27. The van der Waals surface area contributed by atoms with Crippen molar-refractivity contribution in [1.29, 1.82) is 0 Å². The van der Waals surface area contributed by atoms with Gasteiger partial charge in [-0.1, -0.05) is 36.4 Å². The first-order valence-electron chi connectivity index (χ1n) is 8.84. The van der Waals surface area contributed by atoms with E-state index in [1.54, 1.807) is 36.4 Å². The fourth-order valence-corrected chi connectivity index (χ4v) is 2.94. The standard InChI is InChI=1S/C23H15NO5/c1-14-6-4-7-15(12-14)28-22-18(10-5-11-24-22)23(27)29-20-13-19(25)16-8-2-3-9-17(16)21(20)26/h2-13H,1H3. The summed E-state index contributed by atoms with van der Waals surface area (Å²) in [5.41, 5.74) is 1.50. The van der Waals surface area contributed by atoms with E-state index >= 15 is 0 Å². The van der Waals surface area contributed by atoms with Gasteiger partial charge in [-0.25, -0.2) is 9.78 Å². The summed E-state index contributed by atoms with van der Waals surface area (Å²) in [4.78, 5) is 41.6. The van der Waals surface area contributed by atoms with Crippen LogP contribution in [0.5, 0.6) is 11.6 Å². The lowest BCUT2D eigenvalue weighted by molar-refractivity contribution is 0.0581. The Morgan fingerprint density at radius 1 is 0.931 bits per heavy atom. The first-order chi connectivity index (χ1) is 14.0. The van der Waals surface area contributed by atoms with Gasteiger partial charge in [0.05, 0.1) is 0 Å². The van der Waals surface area contributed by atoms with Crippen LogP contribution < -0.4 is 4.74 Å². The fourth-order valence-electron chi connectivity index (χ4n) is 2.94. The number of benzene rings is 2. The maximum absolute atomic E-state index is 12.7. The van der Waals surface area contributed by atoms with Crippen molar-refractivity contribution < 1.29 is 23.9 Å². The maximum atomic E-state index is 12.7. The Morgan fingerprint density at radius 3 is 2.52 bits per heavy atom. The lowest BCUT2D eigenvalue weighted by Crippen LogP contribution is -2.21. The Hall–Kier alpha value is -4.06. The highest BCUT2D eigenvalue weighted by molar-refractivity contribution is 6.24. The molecule has 0 bridgehead atoms. The molecule has 6 nitrogen and oxygen atoms in total. The van der Waals surface area contributed by atoms with Gasteiger partial charge in [0, 0.05) is 23.4 Å². The maximum Gasteiger partial charge on any atom is 0.349 e. The molecule has 1 aliphatic rings. The van der Waals surface area contributed by atoms with Crippen LogP contribution in [0.15, 0.2) is 78.7 Å². The third-order valence-electron chi connectivity index (χ3n) is 4.32. The lowest BCUT2D eigenvalue weighted by Gasteiger charge is -2.15. The molecule has 0 saturated carbocycles. The van der Waals surface area contributed by atoms with Crippen LogP contribution in [0.4, 0.5) is 0 Å². The first kappa shape index (κ1) is 18.3. The Balaban J connectivity index is 1.60. The van der Waals surface area contributed by atoms with Gasteiger partial charge in [0.2, 0.25) is 11.7 Å². The summed E-state index contributed by atoms with van der Waals surface area (Å²) < 4.78 is 11.0. The third kappa shape index (κ3) is 3.68. The van der Waals surface area contributed by atoms with E-state index in [9.17, 15) is 14.4 Å². The molecule has 1 heterocycles. The van der Waals surface area contributed by atoms with Crippen molar-refractivity contribution >= 4 is 17.5 Å². The summed E-state index contributed by atoms with van der Waals surface area (Å²) in [5, 5.41) is 0. The van der Waals surface area contributed by atoms with Gasteiger partial charge in [-0.15, -0.1) is 0 Å². The molecule has 0 amide bonds. The molecule has 0 N–H and O–H groups in total. The third-order valence-corrected chi connectivity index (χ3v) is 4.32. The largest absolute Gasteiger partial charge is 0.438 e. The van der Waals surface area contributed by atoms with Crippen LogP contribution >= 0.6 is 0 Å². The highest BCUT2D eigenvalue weighted by Gasteiger charge is 2.29. The molecule has 4 rings (SSSR count). The van der Waals surface area contributed by atoms with Crippen LogP contribution in [-0.2, 0) is 4.74 Å². The van der Waals surface area contributed by atoms with Gasteiger partial charge in [-0.05, 0) is 36.8 Å². The summed E-state index contributed by atoms with van der Waals surface area (Å²) in [6.07, 6.45) is 2.51. The predicted molar refractivity (Wildman–Crippen MR) is 104 cm³/mol. The normalized spacial score (nSPS) is 12.8. The van der Waals surface area contributed by atoms with Gasteiger partial charge in [0.1, 0.15) is 11.3 Å². The highest BCUT2D eigenvalue weighted by atomic mass is 16.5. The fraction of sp³-hybridized carbons (Fsp3) is 0.0435. The number of hydrogen-bond acceptors (Lipinski definition) is 6. The summed E-state index contributed by atoms with van der Waals surface area (Å²) in [5.74, 6) is -1.55. The summed E-state index contributed by atoms with van der Waals surface area (Å²) in [7, 11) is 0. The Kier molecular flexibility index (Phi) is 4.75. The molecular weight excluding hydrogens is 370 g/mol. The first-order valence-corrected chi connectivity index (χ1v) is 8.84. The van der Waals surface area contributed by atoms with Crippen molar-refractivity contribution in [2.45, 2.75) is 6.92 Å². The van der Waals surface area contributed by atoms with E-state index in [0.29, 0.717) is 5.75 Å². The van der Waals surface area contributed by atoms with E-state index in [1.807, 2.05) is 19.1 Å². The Bertz CT molecular complexity index is 1180. The minimum atomic E-state index is -0.840. The predicted octanol–water partition coefficient (Wildman–Crippen LogP) is 4.30. The number of hydrogen-bond donors (Lipinski definition) is 0. The summed E-state index contributed by atoms with van der Waals surface area (Å²) in [6.45, 7) is 1.91. The monoisotopic (exact) mass is 385 g/mol. The number of ketones is 2. The molecule has 0 saturated heterocycles. The zero-order valence-electron chi connectivity index (χ0n) is 15.4. The van der Waals surface area contributed by atoms with Gasteiger partial charge in [-0.2, -0.15) is 0 Å². The SMILES string of the molecule is Cc1cccc(Oc2ncccc2C(=O)OC2=CC(=O)c3ccccc3C2=O)c1. The summed E-state index contributed by atoms with van der Waals surface area (Å²) in [6, 6.07) is 16.7. The van der Waals surface area contributed by atoms with Gasteiger partial charge in [-0.3, -0.25) is 9.59 Å². The molecule has 6 heteroatoms. The smallest absolute Gasteiger partial charge is 0.349 e. The molecule has 29 heavy (non-hydrogen) atoms. The molecule has 142 valence electrons. The average Bonchev–Trinajstić information content (AvgIpc) is 2.72. The number of carbonyl (C=O) groups excluding carboxylic acids is 3. The second-order valence-corrected chi connectivity index (χ2v) is 6.41. The number of ether oxygens (including phenoxy) is 2. The molecule has 1 aromatic heterocycles. The van der Waals surface area contributed by atoms with Crippen molar-refractivity contribution in [3.05, 3.63) is 101 Å². The number of aromatic nitrogens is 1. The van der Waals surface area contributed by atoms with Gasteiger partial charge >= 0.3 is 5.97 Å². The zero-order valence-corrected chi connectivity index (χ0v) is 15.4. The minimum Gasteiger partial charge on any atom is -0.438 e. The van der Waals surface area contributed by atoms with Crippen LogP contribution in [0.3, 0.4) is 0 Å². The molecule has 0 spiro atoms. The van der Waals surface area contributed by atoms with E-state index in [-0.39, 0.29) is 28.3 Å². The van der Waals surface area contributed by atoms with Crippen LogP contribution in [0, 0.1) is 6.92 Å². The van der Waals surface area contributed by atoms with Crippen molar-refractivity contribution in [1.82, 2.24) is 4.98 Å². The number of esters is 1. The second kappa shape index (κ2) is 7.52. The molecule has 2 aromatic carbocycles.